The van der Waals surface area contributed by atoms with Gasteiger partial charge in [0.15, 0.2) is 17.5 Å². The zero-order chi connectivity index (χ0) is 19.6. The molecule has 0 spiro atoms. The van der Waals surface area contributed by atoms with Gasteiger partial charge in [-0.3, -0.25) is 4.79 Å². The van der Waals surface area contributed by atoms with Gasteiger partial charge in [0.25, 0.3) is 0 Å². The van der Waals surface area contributed by atoms with E-state index < -0.39 is 11.6 Å². The lowest BCUT2D eigenvalue weighted by Gasteiger charge is -2.16. The summed E-state index contributed by atoms with van der Waals surface area (Å²) in [5.74, 6) is -0.676. The molecule has 1 heterocycles. The molecule has 1 aromatic rings. The van der Waals surface area contributed by atoms with Gasteiger partial charge in [0.2, 0.25) is 5.91 Å². The van der Waals surface area contributed by atoms with Gasteiger partial charge in [0.1, 0.15) is 19.0 Å². The topological polar surface area (TPSA) is 75.2 Å². The lowest BCUT2D eigenvalue weighted by atomic mass is 10.1. The van der Waals surface area contributed by atoms with Crippen LogP contribution < -0.4 is 15.4 Å². The van der Waals surface area contributed by atoms with E-state index in [1.807, 2.05) is 0 Å². The van der Waals surface area contributed by atoms with E-state index in [0.717, 1.165) is 25.2 Å². The molecule has 1 fully saturated rings. The van der Waals surface area contributed by atoms with Crippen LogP contribution in [0.1, 0.15) is 6.42 Å². The molecule has 10 heteroatoms. The summed E-state index contributed by atoms with van der Waals surface area (Å²) in [6.07, 6.45) is 0.976. The SMILES string of the molecule is CN(C)C(=O)CN=C(NCCOc1ccc(F)cc1F)NCC1CCOC1.I. The first-order valence-corrected chi connectivity index (χ1v) is 8.83. The fourth-order valence-electron chi connectivity index (χ4n) is 2.37. The van der Waals surface area contributed by atoms with Gasteiger partial charge in [-0.15, -0.1) is 24.0 Å². The van der Waals surface area contributed by atoms with Crippen molar-refractivity contribution in [2.45, 2.75) is 6.42 Å². The van der Waals surface area contributed by atoms with Crippen molar-refractivity contribution < 1.29 is 23.0 Å². The van der Waals surface area contributed by atoms with E-state index >= 15 is 0 Å². The van der Waals surface area contributed by atoms with Crippen LogP contribution in [-0.4, -0.2) is 70.3 Å². The zero-order valence-electron chi connectivity index (χ0n) is 16.0. The van der Waals surface area contributed by atoms with Gasteiger partial charge >= 0.3 is 0 Å². The number of guanidine groups is 1. The van der Waals surface area contributed by atoms with E-state index in [4.69, 9.17) is 9.47 Å². The predicted octanol–water partition coefficient (Wildman–Crippen LogP) is 1.62. The number of likely N-dealkylation sites (N-methyl/N-ethyl adjacent to an activating group) is 1. The summed E-state index contributed by atoms with van der Waals surface area (Å²) in [4.78, 5) is 17.5. The average Bonchev–Trinajstić information content (AvgIpc) is 3.14. The fourth-order valence-corrected chi connectivity index (χ4v) is 2.37. The fraction of sp³-hybridized carbons (Fsp3) is 0.556. The number of benzene rings is 1. The lowest BCUT2D eigenvalue weighted by Crippen LogP contribution is -2.42. The van der Waals surface area contributed by atoms with Crippen molar-refractivity contribution in [2.24, 2.45) is 10.9 Å². The number of ether oxygens (including phenoxy) is 2. The number of halogens is 3. The summed E-state index contributed by atoms with van der Waals surface area (Å²) in [6.45, 7) is 2.62. The van der Waals surface area contributed by atoms with Crippen LogP contribution in [0.5, 0.6) is 5.75 Å². The molecule has 7 nitrogen and oxygen atoms in total. The first kappa shape index (κ1) is 24.3. The Hall–Kier alpha value is -1.69. The number of hydrogen-bond donors (Lipinski definition) is 2. The van der Waals surface area contributed by atoms with Crippen molar-refractivity contribution in [1.29, 1.82) is 0 Å². The number of hydrogen-bond acceptors (Lipinski definition) is 4. The highest BCUT2D eigenvalue weighted by atomic mass is 127. The summed E-state index contributed by atoms with van der Waals surface area (Å²) in [5.41, 5.74) is 0. The minimum atomic E-state index is -0.750. The molecule has 1 aromatic carbocycles. The quantitative estimate of drug-likeness (QED) is 0.240. The predicted molar refractivity (Wildman–Crippen MR) is 113 cm³/mol. The Labute approximate surface area is 180 Å². The van der Waals surface area contributed by atoms with Crippen LogP contribution in [-0.2, 0) is 9.53 Å². The van der Waals surface area contributed by atoms with E-state index in [1.165, 1.54) is 11.0 Å². The molecule has 1 saturated heterocycles. The number of rotatable bonds is 8. The Kier molecular flexibility index (Phi) is 11.0. The van der Waals surface area contributed by atoms with Crippen LogP contribution in [0.3, 0.4) is 0 Å². The lowest BCUT2D eigenvalue weighted by molar-refractivity contribution is -0.127. The van der Waals surface area contributed by atoms with Crippen LogP contribution >= 0.6 is 24.0 Å². The highest BCUT2D eigenvalue weighted by Crippen LogP contribution is 2.17. The van der Waals surface area contributed by atoms with E-state index in [9.17, 15) is 13.6 Å². The summed E-state index contributed by atoms with van der Waals surface area (Å²) in [6, 6.07) is 3.15. The molecule has 2 N–H and O–H groups in total. The summed E-state index contributed by atoms with van der Waals surface area (Å²) in [5, 5.41) is 6.23. The smallest absolute Gasteiger partial charge is 0.243 e. The summed E-state index contributed by atoms with van der Waals surface area (Å²) < 4.78 is 37.1. The number of aliphatic imine (C=N–C) groups is 1. The van der Waals surface area contributed by atoms with Crippen molar-refractivity contribution in [3.63, 3.8) is 0 Å². The van der Waals surface area contributed by atoms with Gasteiger partial charge < -0.3 is 25.0 Å². The Balaban J connectivity index is 0.00000392. The second-order valence-electron chi connectivity index (χ2n) is 6.41. The van der Waals surface area contributed by atoms with Crippen molar-refractivity contribution in [3.05, 3.63) is 29.8 Å². The van der Waals surface area contributed by atoms with E-state index in [-0.39, 0.29) is 48.8 Å². The largest absolute Gasteiger partial charge is 0.489 e. The Morgan fingerprint density at radius 3 is 2.79 bits per heavy atom. The third-order valence-electron chi connectivity index (χ3n) is 4.00. The van der Waals surface area contributed by atoms with Gasteiger partial charge in [-0.1, -0.05) is 0 Å². The molecule has 1 atom stereocenters. The standard InChI is InChI=1S/C18H26F2N4O3.HI/c1-24(2)17(25)11-23-18(22-10-13-5-7-26-12-13)21-6-8-27-16-4-3-14(19)9-15(16)20;/h3-4,9,13H,5-8,10-12H2,1-2H3,(H2,21,22,23);1H. The number of carbonyl (C=O) groups is 1. The molecule has 0 radical (unpaired) electrons. The molecule has 0 bridgehead atoms. The Morgan fingerprint density at radius 2 is 2.14 bits per heavy atom. The molecule has 1 unspecified atom stereocenters. The second-order valence-corrected chi connectivity index (χ2v) is 6.41. The number of nitrogens with zero attached hydrogens (tertiary/aromatic N) is 2. The van der Waals surface area contributed by atoms with Crippen molar-refractivity contribution in [2.75, 3.05) is 53.6 Å². The van der Waals surface area contributed by atoms with E-state index in [1.54, 1.807) is 14.1 Å². The normalized spacial score (nSPS) is 16.3. The first-order valence-electron chi connectivity index (χ1n) is 8.83. The van der Waals surface area contributed by atoms with Crippen LogP contribution in [0.4, 0.5) is 8.78 Å². The molecule has 0 aromatic heterocycles. The van der Waals surface area contributed by atoms with Gasteiger partial charge in [-0.2, -0.15) is 0 Å². The third-order valence-corrected chi connectivity index (χ3v) is 4.00. The maximum Gasteiger partial charge on any atom is 0.243 e. The van der Waals surface area contributed by atoms with Gasteiger partial charge in [0.05, 0.1) is 13.2 Å². The molecule has 1 aliphatic rings. The number of nitrogens with one attached hydrogen (secondary N) is 2. The van der Waals surface area contributed by atoms with Gasteiger partial charge in [0, 0.05) is 39.2 Å². The van der Waals surface area contributed by atoms with Crippen LogP contribution in [0, 0.1) is 17.6 Å². The number of amides is 1. The van der Waals surface area contributed by atoms with Gasteiger partial charge in [-0.25, -0.2) is 13.8 Å². The second kappa shape index (κ2) is 12.7. The Bertz CT molecular complexity index is 656. The molecule has 0 saturated carbocycles. The van der Waals surface area contributed by atoms with Crippen molar-refractivity contribution >= 4 is 35.8 Å². The maximum atomic E-state index is 13.5. The molecule has 1 aliphatic heterocycles. The highest BCUT2D eigenvalue weighted by molar-refractivity contribution is 14.0. The highest BCUT2D eigenvalue weighted by Gasteiger charge is 2.16. The number of carbonyl (C=O) groups excluding carboxylic acids is 1. The summed E-state index contributed by atoms with van der Waals surface area (Å²) >= 11 is 0. The third kappa shape index (κ3) is 8.55. The van der Waals surface area contributed by atoms with Crippen LogP contribution in [0.25, 0.3) is 0 Å². The van der Waals surface area contributed by atoms with Crippen molar-refractivity contribution in [3.8, 4) is 5.75 Å². The molecule has 2 rings (SSSR count). The van der Waals surface area contributed by atoms with Crippen LogP contribution in [0.15, 0.2) is 23.2 Å². The molecule has 1 amide bonds. The van der Waals surface area contributed by atoms with Crippen molar-refractivity contribution in [1.82, 2.24) is 15.5 Å². The average molecular weight is 512 g/mol. The zero-order valence-corrected chi connectivity index (χ0v) is 18.4. The van der Waals surface area contributed by atoms with E-state index in [0.29, 0.717) is 31.6 Å². The first-order chi connectivity index (χ1) is 13.0. The minimum absolute atomic E-state index is 0. The molecular weight excluding hydrogens is 485 g/mol. The molecular formula is C18H27F2IN4O3. The molecule has 158 valence electrons. The summed E-state index contributed by atoms with van der Waals surface area (Å²) in [7, 11) is 3.33. The molecule has 0 aliphatic carbocycles. The molecule has 28 heavy (non-hydrogen) atoms. The van der Waals surface area contributed by atoms with Crippen LogP contribution in [0.2, 0.25) is 0 Å². The minimum Gasteiger partial charge on any atom is -0.489 e. The monoisotopic (exact) mass is 512 g/mol. The van der Waals surface area contributed by atoms with Gasteiger partial charge in [-0.05, 0) is 18.6 Å². The van der Waals surface area contributed by atoms with E-state index in [2.05, 4.69) is 15.6 Å². The maximum absolute atomic E-state index is 13.5. The Morgan fingerprint density at radius 1 is 1.36 bits per heavy atom.